The second-order valence-electron chi connectivity index (χ2n) is 5.11. The summed E-state index contributed by atoms with van der Waals surface area (Å²) in [5, 5.41) is 0. The monoisotopic (exact) mass is 436 g/mol. The molecule has 3 unspecified atom stereocenters. The normalized spacial score (nSPS) is 28.4. The molecule has 0 aromatic heterocycles. The van der Waals surface area contributed by atoms with Gasteiger partial charge in [0.2, 0.25) is 0 Å². The van der Waals surface area contributed by atoms with E-state index in [1.54, 1.807) is 0 Å². The van der Waals surface area contributed by atoms with Crippen molar-refractivity contribution < 1.29 is 14.3 Å². The maximum atomic E-state index is 11.8. The molecule has 0 radical (unpaired) electrons. The van der Waals surface area contributed by atoms with E-state index < -0.39 is 0 Å². The van der Waals surface area contributed by atoms with E-state index in [2.05, 4.69) is 51.5 Å². The Morgan fingerprint density at radius 1 is 1.42 bits per heavy atom. The number of hydrogen-bond acceptors (Lipinski definition) is 3. The molecule has 1 aromatic carbocycles. The topological polar surface area (TPSA) is 35.5 Å². The van der Waals surface area contributed by atoms with Crippen molar-refractivity contribution in [1.82, 2.24) is 0 Å². The summed E-state index contributed by atoms with van der Waals surface area (Å²) >= 11 is 5.81. The Labute approximate surface area is 134 Å². The van der Waals surface area contributed by atoms with Crippen LogP contribution in [0.15, 0.2) is 6.07 Å². The molecule has 0 saturated heterocycles. The summed E-state index contributed by atoms with van der Waals surface area (Å²) in [5.41, 5.74) is 3.33. The van der Waals surface area contributed by atoms with E-state index >= 15 is 0 Å². The quantitative estimate of drug-likeness (QED) is 0.291. The van der Waals surface area contributed by atoms with Crippen molar-refractivity contribution in [3.63, 3.8) is 0 Å². The second kappa shape index (κ2) is 4.91. The first kappa shape index (κ1) is 13.7. The Morgan fingerprint density at radius 2 is 2.16 bits per heavy atom. The van der Waals surface area contributed by atoms with Gasteiger partial charge in [-0.1, -0.05) is 45.4 Å². The zero-order chi connectivity index (χ0) is 13.7. The lowest BCUT2D eigenvalue weighted by molar-refractivity contribution is -0.135. The van der Waals surface area contributed by atoms with Crippen LogP contribution in [0.2, 0.25) is 0 Å². The van der Waals surface area contributed by atoms with Crippen molar-refractivity contribution in [3.8, 4) is 11.5 Å². The van der Waals surface area contributed by atoms with E-state index in [0.29, 0.717) is 11.7 Å². The lowest BCUT2D eigenvalue weighted by Crippen LogP contribution is -2.31. The number of carbonyl (C=O) groups is 1. The molecule has 19 heavy (non-hydrogen) atoms. The highest BCUT2D eigenvalue weighted by Gasteiger charge is 2.37. The third-order valence-electron chi connectivity index (χ3n) is 3.93. The number of hydrogen-bond donors (Lipinski definition) is 0. The maximum Gasteiger partial charge on any atom is 0.325 e. The van der Waals surface area contributed by atoms with Gasteiger partial charge in [-0.3, -0.25) is 4.79 Å². The van der Waals surface area contributed by atoms with E-state index in [4.69, 9.17) is 9.47 Å². The van der Waals surface area contributed by atoms with Crippen molar-refractivity contribution in [2.45, 2.75) is 30.5 Å². The fraction of sp³-hybridized carbons (Fsp3) is 0.500. The molecule has 2 aliphatic heterocycles. The fourth-order valence-electron chi connectivity index (χ4n) is 2.72. The first-order valence-corrected chi connectivity index (χ1v) is 8.70. The number of fused-ring (bicyclic) bond motifs is 2. The van der Waals surface area contributed by atoms with Crippen molar-refractivity contribution >= 4 is 44.5 Å². The Hall–Kier alpha value is -0.300. The average Bonchev–Trinajstić information content (AvgIpc) is 2.81. The summed E-state index contributed by atoms with van der Waals surface area (Å²) in [7, 11) is 0. The molecule has 0 fully saturated rings. The minimum atomic E-state index is -0.266. The van der Waals surface area contributed by atoms with Crippen LogP contribution in [0, 0.1) is 6.92 Å². The third-order valence-corrected chi connectivity index (χ3v) is 6.16. The number of halogens is 2. The number of alkyl halides is 2. The minimum Gasteiger partial charge on any atom is -0.492 e. The molecule has 3 rings (SSSR count). The van der Waals surface area contributed by atoms with Crippen LogP contribution in [0.4, 0.5) is 0 Å². The Balaban J connectivity index is 2.18. The average molecular weight is 437 g/mol. The predicted molar refractivity (Wildman–Crippen MR) is 85.1 cm³/mol. The summed E-state index contributed by atoms with van der Waals surface area (Å²) in [6.45, 7) is 4.75. The number of esters is 1. The van der Waals surface area contributed by atoms with Gasteiger partial charge in [-0.2, -0.15) is 0 Å². The predicted octanol–water partition coefficient (Wildman–Crippen LogP) is 3.69. The molecule has 3 atom stereocenters. The molecule has 0 N–H and O–H groups in total. The number of rotatable bonds is 1. The van der Waals surface area contributed by atoms with Gasteiger partial charge in [0.1, 0.15) is 16.3 Å². The van der Waals surface area contributed by atoms with Crippen molar-refractivity contribution in [2.24, 2.45) is 0 Å². The molecular weight excluding hydrogens is 423 g/mol. The summed E-state index contributed by atoms with van der Waals surface area (Å²) in [4.78, 5) is 11.6. The highest BCUT2D eigenvalue weighted by Crippen LogP contribution is 2.48. The van der Waals surface area contributed by atoms with Crippen molar-refractivity contribution in [2.75, 3.05) is 11.0 Å². The van der Waals surface area contributed by atoms with Gasteiger partial charge >= 0.3 is 5.97 Å². The molecule has 2 heterocycles. The van der Waals surface area contributed by atoms with Crippen LogP contribution in [0.5, 0.6) is 11.5 Å². The van der Waals surface area contributed by atoms with E-state index in [9.17, 15) is 4.79 Å². The molecule has 2 aliphatic rings. The Morgan fingerprint density at radius 3 is 2.84 bits per heavy atom. The molecule has 0 saturated carbocycles. The van der Waals surface area contributed by atoms with Gasteiger partial charge in [0.25, 0.3) is 0 Å². The lowest BCUT2D eigenvalue weighted by Gasteiger charge is -2.28. The second-order valence-corrected chi connectivity index (χ2v) is 6.98. The highest BCUT2D eigenvalue weighted by molar-refractivity contribution is 14.1. The zero-order valence-electron chi connectivity index (χ0n) is 10.7. The summed E-state index contributed by atoms with van der Waals surface area (Å²) in [6, 6.07) is 2.17. The zero-order valence-corrected chi connectivity index (χ0v) is 14.4. The van der Waals surface area contributed by atoms with Gasteiger partial charge in [0, 0.05) is 33.0 Å². The van der Waals surface area contributed by atoms with Gasteiger partial charge in [0.15, 0.2) is 0 Å². The van der Waals surface area contributed by atoms with E-state index in [1.807, 2.05) is 6.92 Å². The van der Waals surface area contributed by atoms with Crippen LogP contribution in [0.3, 0.4) is 0 Å². The van der Waals surface area contributed by atoms with E-state index in [1.165, 1.54) is 5.56 Å². The van der Waals surface area contributed by atoms with Gasteiger partial charge < -0.3 is 9.47 Å². The van der Waals surface area contributed by atoms with E-state index in [0.717, 1.165) is 27.9 Å². The fourth-order valence-corrected chi connectivity index (χ4v) is 3.83. The summed E-state index contributed by atoms with van der Waals surface area (Å²) in [6.07, 6.45) is 0. The van der Waals surface area contributed by atoms with Crippen LogP contribution in [-0.4, -0.2) is 21.8 Å². The van der Waals surface area contributed by atoms with Gasteiger partial charge in [-0.15, -0.1) is 0 Å². The Kier molecular flexibility index (Phi) is 3.53. The molecule has 0 amide bonds. The van der Waals surface area contributed by atoms with Crippen molar-refractivity contribution in [1.29, 1.82) is 0 Å². The number of benzene rings is 1. The minimum absolute atomic E-state index is 0.121. The van der Waals surface area contributed by atoms with Gasteiger partial charge in [-0.05, 0) is 13.0 Å². The first-order valence-electron chi connectivity index (χ1n) is 6.26. The van der Waals surface area contributed by atoms with Gasteiger partial charge in [0.05, 0.1) is 6.61 Å². The molecule has 0 aliphatic carbocycles. The van der Waals surface area contributed by atoms with Gasteiger partial charge in [-0.25, -0.2) is 0 Å². The SMILES string of the molecule is Cc1c2c(cc3c1OC(=O)C(Br)C3C)C(CI)CO2. The largest absolute Gasteiger partial charge is 0.492 e. The lowest BCUT2D eigenvalue weighted by atomic mass is 9.88. The first-order chi connectivity index (χ1) is 9.04. The van der Waals surface area contributed by atoms with Crippen LogP contribution in [0.25, 0.3) is 0 Å². The van der Waals surface area contributed by atoms with Crippen LogP contribution in [-0.2, 0) is 4.79 Å². The van der Waals surface area contributed by atoms with Crippen molar-refractivity contribution in [3.05, 3.63) is 22.8 Å². The molecule has 1 aromatic rings. The molecule has 3 nitrogen and oxygen atoms in total. The number of ether oxygens (including phenoxy) is 2. The summed E-state index contributed by atoms with van der Waals surface area (Å²) < 4.78 is 12.3. The van der Waals surface area contributed by atoms with E-state index in [-0.39, 0.29) is 16.7 Å². The Bertz CT molecular complexity index is 558. The molecule has 0 bridgehead atoms. The molecule has 0 spiro atoms. The standard InChI is InChI=1S/C14H14BrIO3/c1-6-9-3-10-8(4-16)5-18-12(10)7(2)13(9)19-14(17)11(6)15/h3,6,8,11H,4-5H2,1-2H3. The highest BCUT2D eigenvalue weighted by atomic mass is 127. The third kappa shape index (κ3) is 2.00. The molecule has 5 heteroatoms. The van der Waals surface area contributed by atoms with Crippen LogP contribution < -0.4 is 9.47 Å². The molecule has 102 valence electrons. The summed E-state index contributed by atoms with van der Waals surface area (Å²) in [5.74, 6) is 1.95. The molecular formula is C14H14BrIO3. The van der Waals surface area contributed by atoms with Crippen LogP contribution >= 0.6 is 38.5 Å². The number of carbonyl (C=O) groups excluding carboxylic acids is 1. The van der Waals surface area contributed by atoms with Crippen LogP contribution in [0.1, 0.15) is 35.4 Å². The smallest absolute Gasteiger partial charge is 0.325 e. The maximum absolute atomic E-state index is 11.8.